The van der Waals surface area contributed by atoms with Crippen molar-refractivity contribution in [3.63, 3.8) is 0 Å². The molecule has 1 saturated heterocycles. The lowest BCUT2D eigenvalue weighted by Gasteiger charge is -2.20. The van der Waals surface area contributed by atoms with Crippen LogP contribution in [0.1, 0.15) is 23.7 Å². The van der Waals surface area contributed by atoms with Crippen molar-refractivity contribution in [1.82, 2.24) is 10.9 Å². The lowest BCUT2D eigenvalue weighted by Crippen LogP contribution is -2.45. The number of para-hydroxylation sites is 2. The molecule has 140 valence electrons. The molecule has 1 aliphatic rings. The van der Waals surface area contributed by atoms with Gasteiger partial charge in [0, 0.05) is 18.5 Å². The van der Waals surface area contributed by atoms with Crippen LogP contribution < -0.4 is 20.5 Å². The van der Waals surface area contributed by atoms with E-state index < -0.39 is 17.7 Å². The Labute approximate surface area is 157 Å². The van der Waals surface area contributed by atoms with Crippen molar-refractivity contribution in [2.45, 2.75) is 13.3 Å². The van der Waals surface area contributed by atoms with E-state index in [1.54, 1.807) is 47.4 Å². The van der Waals surface area contributed by atoms with Crippen LogP contribution in [0.25, 0.3) is 0 Å². The van der Waals surface area contributed by atoms with Crippen LogP contribution in [0.5, 0.6) is 5.75 Å². The summed E-state index contributed by atoms with van der Waals surface area (Å²) < 4.78 is 5.57. The van der Waals surface area contributed by atoms with Gasteiger partial charge in [0.15, 0.2) is 0 Å². The summed E-state index contributed by atoms with van der Waals surface area (Å²) in [7, 11) is 0. The van der Waals surface area contributed by atoms with Crippen LogP contribution in [0.3, 0.4) is 0 Å². The van der Waals surface area contributed by atoms with Crippen LogP contribution in [0.2, 0.25) is 0 Å². The van der Waals surface area contributed by atoms with E-state index in [1.165, 1.54) is 0 Å². The molecule has 2 N–H and O–H groups in total. The van der Waals surface area contributed by atoms with Crippen LogP contribution in [0.4, 0.5) is 5.69 Å². The summed E-state index contributed by atoms with van der Waals surface area (Å²) in [5, 5.41) is 0. The quantitative estimate of drug-likeness (QED) is 0.790. The number of carbonyl (C=O) groups is 3. The average molecular weight is 367 g/mol. The smallest absolute Gasteiger partial charge is 0.269 e. The zero-order valence-electron chi connectivity index (χ0n) is 15.0. The standard InChI is InChI=1S/C20H21N3O4/c1-2-27-17-11-7-6-10-16(17)23-13-15(12-18(23)24)20(26)22-21-19(25)14-8-4-3-5-9-14/h3-11,15H,2,12-13H2,1H3,(H,21,25)(H,22,26)/t15-/m1/s1. The summed E-state index contributed by atoms with van der Waals surface area (Å²) >= 11 is 0. The number of anilines is 1. The highest BCUT2D eigenvalue weighted by Crippen LogP contribution is 2.33. The van der Waals surface area contributed by atoms with Gasteiger partial charge in [-0.2, -0.15) is 0 Å². The van der Waals surface area contributed by atoms with Gasteiger partial charge in [0.05, 0.1) is 18.2 Å². The van der Waals surface area contributed by atoms with Crippen molar-refractivity contribution in [2.24, 2.45) is 5.92 Å². The summed E-state index contributed by atoms with van der Waals surface area (Å²) in [5.41, 5.74) is 5.87. The molecule has 0 aliphatic carbocycles. The summed E-state index contributed by atoms with van der Waals surface area (Å²) in [6.45, 7) is 2.58. The van der Waals surface area contributed by atoms with Crippen LogP contribution in [0, 0.1) is 5.92 Å². The lowest BCUT2D eigenvalue weighted by molar-refractivity contribution is -0.126. The number of nitrogens with one attached hydrogen (secondary N) is 2. The molecule has 27 heavy (non-hydrogen) atoms. The Bertz CT molecular complexity index is 838. The predicted octanol–water partition coefficient (Wildman–Crippen LogP) is 1.90. The zero-order valence-corrected chi connectivity index (χ0v) is 15.0. The second-order valence-electron chi connectivity index (χ2n) is 6.12. The highest BCUT2D eigenvalue weighted by atomic mass is 16.5. The van der Waals surface area contributed by atoms with Gasteiger partial charge in [0.1, 0.15) is 5.75 Å². The molecule has 3 rings (SSSR count). The topological polar surface area (TPSA) is 87.7 Å². The highest BCUT2D eigenvalue weighted by Gasteiger charge is 2.36. The van der Waals surface area contributed by atoms with Gasteiger partial charge in [-0.3, -0.25) is 25.2 Å². The number of ether oxygens (including phenoxy) is 1. The molecule has 0 radical (unpaired) electrons. The van der Waals surface area contributed by atoms with Gasteiger partial charge in [0.25, 0.3) is 5.91 Å². The largest absolute Gasteiger partial charge is 0.492 e. The summed E-state index contributed by atoms with van der Waals surface area (Å²) in [5.74, 6) is -0.914. The first-order valence-electron chi connectivity index (χ1n) is 8.77. The number of amides is 3. The molecule has 2 aromatic rings. The lowest BCUT2D eigenvalue weighted by atomic mass is 10.1. The first kappa shape index (κ1) is 18.4. The van der Waals surface area contributed by atoms with Gasteiger partial charge < -0.3 is 9.64 Å². The molecule has 1 fully saturated rings. The van der Waals surface area contributed by atoms with E-state index in [9.17, 15) is 14.4 Å². The van der Waals surface area contributed by atoms with Crippen molar-refractivity contribution >= 4 is 23.4 Å². The maximum Gasteiger partial charge on any atom is 0.269 e. The minimum atomic E-state index is -0.553. The molecule has 0 spiro atoms. The van der Waals surface area contributed by atoms with Gasteiger partial charge in [-0.25, -0.2) is 0 Å². The van der Waals surface area contributed by atoms with Crippen LogP contribution >= 0.6 is 0 Å². The van der Waals surface area contributed by atoms with E-state index in [1.807, 2.05) is 19.1 Å². The SMILES string of the molecule is CCOc1ccccc1N1C[C@H](C(=O)NNC(=O)c2ccccc2)CC1=O. The third kappa shape index (κ3) is 4.25. The number of rotatable bonds is 5. The third-order valence-corrected chi connectivity index (χ3v) is 4.29. The molecule has 7 nitrogen and oxygen atoms in total. The van der Waals surface area contributed by atoms with Gasteiger partial charge >= 0.3 is 0 Å². The Morgan fingerprint density at radius 2 is 1.78 bits per heavy atom. The number of hydrogen-bond donors (Lipinski definition) is 2. The molecule has 0 bridgehead atoms. The first-order valence-corrected chi connectivity index (χ1v) is 8.77. The molecule has 0 unspecified atom stereocenters. The van der Waals surface area contributed by atoms with Crippen LogP contribution in [-0.2, 0) is 9.59 Å². The molecule has 7 heteroatoms. The maximum atomic E-state index is 12.4. The molecule has 0 aromatic heterocycles. The monoisotopic (exact) mass is 367 g/mol. The van der Waals surface area contributed by atoms with E-state index >= 15 is 0 Å². The highest BCUT2D eigenvalue weighted by molar-refractivity contribution is 6.02. The molecular weight excluding hydrogens is 346 g/mol. The van der Waals surface area contributed by atoms with Gasteiger partial charge in [-0.15, -0.1) is 0 Å². The van der Waals surface area contributed by atoms with Crippen LogP contribution in [0.15, 0.2) is 54.6 Å². The van der Waals surface area contributed by atoms with Crippen molar-refractivity contribution in [3.8, 4) is 5.75 Å². The number of hydrogen-bond acceptors (Lipinski definition) is 4. The van der Waals surface area contributed by atoms with E-state index in [4.69, 9.17) is 4.74 Å². The fraction of sp³-hybridized carbons (Fsp3) is 0.250. The Kier molecular flexibility index (Phi) is 5.71. The Morgan fingerprint density at radius 3 is 2.52 bits per heavy atom. The summed E-state index contributed by atoms with van der Waals surface area (Å²) in [6.07, 6.45) is 0.0769. The van der Waals surface area contributed by atoms with Crippen molar-refractivity contribution in [3.05, 3.63) is 60.2 Å². The number of nitrogens with zero attached hydrogens (tertiary/aromatic N) is 1. The number of benzene rings is 2. The Morgan fingerprint density at radius 1 is 1.07 bits per heavy atom. The Hall–Kier alpha value is -3.35. The summed E-state index contributed by atoms with van der Waals surface area (Å²) in [4.78, 5) is 38.3. The molecular formula is C20H21N3O4. The molecule has 1 atom stereocenters. The number of hydrazine groups is 1. The minimum Gasteiger partial charge on any atom is -0.492 e. The maximum absolute atomic E-state index is 12.4. The molecule has 0 saturated carbocycles. The van der Waals surface area contributed by atoms with E-state index in [0.717, 1.165) is 0 Å². The molecule has 1 aliphatic heterocycles. The second kappa shape index (κ2) is 8.35. The van der Waals surface area contributed by atoms with E-state index in [0.29, 0.717) is 23.6 Å². The zero-order chi connectivity index (χ0) is 19.2. The van der Waals surface area contributed by atoms with Crippen molar-refractivity contribution in [2.75, 3.05) is 18.1 Å². The fourth-order valence-electron chi connectivity index (χ4n) is 2.96. The predicted molar refractivity (Wildman–Crippen MR) is 100 cm³/mol. The first-order chi connectivity index (χ1) is 13.1. The molecule has 3 amide bonds. The summed E-state index contributed by atoms with van der Waals surface area (Å²) in [6, 6.07) is 15.8. The molecule has 1 heterocycles. The normalized spacial score (nSPS) is 16.1. The average Bonchev–Trinajstić information content (AvgIpc) is 3.09. The van der Waals surface area contributed by atoms with Crippen molar-refractivity contribution < 1.29 is 19.1 Å². The van der Waals surface area contributed by atoms with E-state index in [-0.39, 0.29) is 18.9 Å². The minimum absolute atomic E-state index is 0.0769. The fourth-order valence-corrected chi connectivity index (χ4v) is 2.96. The second-order valence-corrected chi connectivity index (χ2v) is 6.12. The van der Waals surface area contributed by atoms with Gasteiger partial charge in [-0.1, -0.05) is 30.3 Å². The molecule has 2 aromatic carbocycles. The van der Waals surface area contributed by atoms with Crippen LogP contribution in [-0.4, -0.2) is 30.9 Å². The van der Waals surface area contributed by atoms with Gasteiger partial charge in [0.2, 0.25) is 11.8 Å². The van der Waals surface area contributed by atoms with E-state index in [2.05, 4.69) is 10.9 Å². The van der Waals surface area contributed by atoms with Gasteiger partial charge in [-0.05, 0) is 31.2 Å². The number of carbonyl (C=O) groups excluding carboxylic acids is 3. The third-order valence-electron chi connectivity index (χ3n) is 4.29. The van der Waals surface area contributed by atoms with Crippen molar-refractivity contribution in [1.29, 1.82) is 0 Å². The Balaban J connectivity index is 1.62.